The Kier molecular flexibility index (Phi) is 7.90. The van der Waals surface area contributed by atoms with Crippen LogP contribution in [0, 0.1) is 5.82 Å². The molecule has 7 heteroatoms. The summed E-state index contributed by atoms with van der Waals surface area (Å²) >= 11 is 11.8. The molecule has 1 heterocycles. The molecular weight excluding hydrogens is 350 g/mol. The highest BCUT2D eigenvalue weighted by Gasteiger charge is 2.27. The average Bonchev–Trinajstić information content (AvgIpc) is 2.49. The van der Waals surface area contributed by atoms with E-state index in [4.69, 9.17) is 23.2 Å². The Hall–Kier alpha value is -0.550. The highest BCUT2D eigenvalue weighted by Crippen LogP contribution is 2.27. The van der Waals surface area contributed by atoms with Crippen LogP contribution in [0.5, 0.6) is 0 Å². The lowest BCUT2D eigenvalue weighted by molar-refractivity contribution is 0.0642. The average molecular weight is 370 g/mol. The zero-order valence-electron chi connectivity index (χ0n) is 12.4. The topological polar surface area (TPSA) is 32.3 Å². The van der Waals surface area contributed by atoms with E-state index in [9.17, 15) is 9.18 Å². The van der Waals surface area contributed by atoms with Crippen LogP contribution in [0.3, 0.4) is 0 Å². The SMILES string of the molecule is CCCN(C(=O)c1cc(F)c(Cl)cc1Cl)C1CCNCC1.Cl. The van der Waals surface area contributed by atoms with Gasteiger partial charge in [0.05, 0.1) is 15.6 Å². The van der Waals surface area contributed by atoms with Crippen LogP contribution < -0.4 is 5.32 Å². The van der Waals surface area contributed by atoms with Crippen LogP contribution >= 0.6 is 35.6 Å². The van der Waals surface area contributed by atoms with Crippen LogP contribution in [-0.2, 0) is 0 Å². The number of nitrogens with zero attached hydrogens (tertiary/aromatic N) is 1. The van der Waals surface area contributed by atoms with Crippen molar-refractivity contribution in [2.75, 3.05) is 19.6 Å². The van der Waals surface area contributed by atoms with Gasteiger partial charge >= 0.3 is 0 Å². The van der Waals surface area contributed by atoms with Crippen molar-refractivity contribution >= 4 is 41.5 Å². The molecule has 0 atom stereocenters. The monoisotopic (exact) mass is 368 g/mol. The Morgan fingerprint density at radius 3 is 2.55 bits per heavy atom. The first-order chi connectivity index (χ1) is 10.0. The molecule has 1 aliphatic heterocycles. The predicted molar refractivity (Wildman–Crippen MR) is 90.9 cm³/mol. The molecule has 0 aromatic heterocycles. The van der Waals surface area contributed by atoms with Gasteiger partial charge in [0.15, 0.2) is 0 Å². The molecule has 1 aromatic carbocycles. The van der Waals surface area contributed by atoms with E-state index in [1.807, 2.05) is 11.8 Å². The van der Waals surface area contributed by atoms with Crippen molar-refractivity contribution in [3.05, 3.63) is 33.6 Å². The number of hydrogen-bond donors (Lipinski definition) is 1. The van der Waals surface area contributed by atoms with Crippen molar-refractivity contribution in [2.45, 2.75) is 32.2 Å². The van der Waals surface area contributed by atoms with Crippen LogP contribution in [0.1, 0.15) is 36.5 Å². The zero-order valence-corrected chi connectivity index (χ0v) is 14.7. The predicted octanol–water partition coefficient (Wildman–Crippen LogP) is 4.16. The lowest BCUT2D eigenvalue weighted by Gasteiger charge is -2.34. The summed E-state index contributed by atoms with van der Waals surface area (Å²) in [6.07, 6.45) is 2.65. The van der Waals surface area contributed by atoms with Crippen LogP contribution in [0.4, 0.5) is 4.39 Å². The third kappa shape index (κ3) is 4.48. The fourth-order valence-electron chi connectivity index (χ4n) is 2.65. The summed E-state index contributed by atoms with van der Waals surface area (Å²) in [5, 5.41) is 3.40. The van der Waals surface area contributed by atoms with Gasteiger partial charge in [0.2, 0.25) is 0 Å². The maximum absolute atomic E-state index is 13.6. The van der Waals surface area contributed by atoms with Gasteiger partial charge in [0, 0.05) is 12.6 Å². The summed E-state index contributed by atoms with van der Waals surface area (Å²) in [5.74, 6) is -0.838. The molecule has 2 rings (SSSR count). The summed E-state index contributed by atoms with van der Waals surface area (Å²) in [6, 6.07) is 2.60. The van der Waals surface area contributed by atoms with Crippen LogP contribution in [0.15, 0.2) is 12.1 Å². The largest absolute Gasteiger partial charge is 0.336 e. The van der Waals surface area contributed by atoms with E-state index < -0.39 is 5.82 Å². The van der Waals surface area contributed by atoms with Gasteiger partial charge < -0.3 is 10.2 Å². The van der Waals surface area contributed by atoms with Gasteiger partial charge in [-0.3, -0.25) is 4.79 Å². The molecule has 0 radical (unpaired) electrons. The molecule has 1 amide bonds. The highest BCUT2D eigenvalue weighted by molar-refractivity contribution is 6.36. The minimum atomic E-state index is -0.619. The van der Waals surface area contributed by atoms with Gasteiger partial charge in [-0.25, -0.2) is 4.39 Å². The summed E-state index contributed by atoms with van der Waals surface area (Å²) in [4.78, 5) is 14.5. The second-order valence-corrected chi connectivity index (χ2v) is 6.04. The van der Waals surface area contributed by atoms with E-state index >= 15 is 0 Å². The molecule has 22 heavy (non-hydrogen) atoms. The van der Waals surface area contributed by atoms with Crippen molar-refractivity contribution in [3.63, 3.8) is 0 Å². The fraction of sp³-hybridized carbons (Fsp3) is 0.533. The Morgan fingerprint density at radius 2 is 1.95 bits per heavy atom. The van der Waals surface area contributed by atoms with Gasteiger partial charge in [-0.2, -0.15) is 0 Å². The molecule has 1 aromatic rings. The number of rotatable bonds is 4. The lowest BCUT2D eigenvalue weighted by atomic mass is 10.0. The van der Waals surface area contributed by atoms with E-state index in [2.05, 4.69) is 5.32 Å². The fourth-order valence-corrected chi connectivity index (χ4v) is 3.11. The molecule has 0 aliphatic carbocycles. The molecule has 0 saturated carbocycles. The molecular formula is C15H20Cl3FN2O. The van der Waals surface area contributed by atoms with E-state index in [0.717, 1.165) is 38.4 Å². The molecule has 1 aliphatic rings. The summed E-state index contributed by atoms with van der Waals surface area (Å²) in [7, 11) is 0. The normalized spacial score (nSPS) is 15.3. The molecule has 0 bridgehead atoms. The number of benzene rings is 1. The van der Waals surface area contributed by atoms with E-state index in [1.165, 1.54) is 6.07 Å². The Labute approximate surface area is 146 Å². The minimum absolute atomic E-state index is 0. The van der Waals surface area contributed by atoms with Crippen molar-refractivity contribution in [3.8, 4) is 0 Å². The first-order valence-corrected chi connectivity index (χ1v) is 7.96. The quantitative estimate of drug-likeness (QED) is 0.808. The molecule has 124 valence electrons. The second kappa shape index (κ2) is 8.92. The molecule has 3 nitrogen and oxygen atoms in total. The first kappa shape index (κ1) is 19.5. The third-order valence-electron chi connectivity index (χ3n) is 3.72. The number of hydrogen-bond acceptors (Lipinski definition) is 2. The Morgan fingerprint density at radius 1 is 1.32 bits per heavy atom. The van der Waals surface area contributed by atoms with Gasteiger partial charge in [0.25, 0.3) is 5.91 Å². The first-order valence-electron chi connectivity index (χ1n) is 7.20. The van der Waals surface area contributed by atoms with Crippen molar-refractivity contribution in [2.24, 2.45) is 0 Å². The second-order valence-electron chi connectivity index (χ2n) is 5.23. The lowest BCUT2D eigenvalue weighted by Crippen LogP contribution is -2.46. The zero-order chi connectivity index (χ0) is 15.4. The maximum atomic E-state index is 13.6. The van der Waals surface area contributed by atoms with Crippen molar-refractivity contribution in [1.82, 2.24) is 10.2 Å². The van der Waals surface area contributed by atoms with Gasteiger partial charge in [0.1, 0.15) is 5.82 Å². The highest BCUT2D eigenvalue weighted by atomic mass is 35.5. The smallest absolute Gasteiger partial charge is 0.255 e. The number of carbonyl (C=O) groups excluding carboxylic acids is 1. The van der Waals surface area contributed by atoms with Gasteiger partial charge in [-0.05, 0) is 44.5 Å². The number of amides is 1. The molecule has 1 N–H and O–H groups in total. The molecule has 1 saturated heterocycles. The van der Waals surface area contributed by atoms with Crippen molar-refractivity contribution < 1.29 is 9.18 Å². The van der Waals surface area contributed by atoms with Crippen LogP contribution in [0.2, 0.25) is 10.0 Å². The number of carbonyl (C=O) groups is 1. The third-order valence-corrected chi connectivity index (χ3v) is 4.32. The Balaban J connectivity index is 0.00000242. The van der Waals surface area contributed by atoms with Gasteiger partial charge in [-0.15, -0.1) is 12.4 Å². The molecule has 0 unspecified atom stereocenters. The molecule has 0 spiro atoms. The number of halogens is 4. The Bertz CT molecular complexity index is 522. The maximum Gasteiger partial charge on any atom is 0.255 e. The minimum Gasteiger partial charge on any atom is -0.336 e. The van der Waals surface area contributed by atoms with E-state index in [1.54, 1.807) is 0 Å². The molecule has 1 fully saturated rings. The van der Waals surface area contributed by atoms with E-state index in [0.29, 0.717) is 6.54 Å². The summed E-state index contributed by atoms with van der Waals surface area (Å²) in [5.41, 5.74) is 0.186. The van der Waals surface area contributed by atoms with Gasteiger partial charge in [-0.1, -0.05) is 30.1 Å². The summed E-state index contributed by atoms with van der Waals surface area (Å²) < 4.78 is 13.6. The standard InChI is InChI=1S/C15H19Cl2FN2O.ClH/c1-2-7-20(10-3-5-19-6-4-10)15(21)11-8-14(18)13(17)9-12(11)16;/h8-10,19H,2-7H2,1H3;1H. The van der Waals surface area contributed by atoms with Crippen LogP contribution in [-0.4, -0.2) is 36.5 Å². The number of nitrogens with one attached hydrogen (secondary N) is 1. The summed E-state index contributed by atoms with van der Waals surface area (Å²) in [6.45, 7) is 4.44. The van der Waals surface area contributed by atoms with E-state index in [-0.39, 0.29) is 40.0 Å². The van der Waals surface area contributed by atoms with Crippen molar-refractivity contribution in [1.29, 1.82) is 0 Å². The van der Waals surface area contributed by atoms with Crippen LogP contribution in [0.25, 0.3) is 0 Å². The number of piperidine rings is 1.